The molecule has 1 saturated carbocycles. The third kappa shape index (κ3) is 4.85. The Morgan fingerprint density at radius 1 is 1.14 bits per heavy atom. The third-order valence-corrected chi connectivity index (χ3v) is 5.39. The maximum absolute atomic E-state index is 12.7. The topological polar surface area (TPSA) is 117 Å². The molecule has 3 rings (SSSR count). The van der Waals surface area contributed by atoms with Gasteiger partial charge in [-0.2, -0.15) is 0 Å². The number of ether oxygens (including phenoxy) is 1. The molecule has 2 fully saturated rings. The van der Waals surface area contributed by atoms with Gasteiger partial charge in [-0.15, -0.1) is 0 Å². The minimum atomic E-state index is -0.758. The number of urea groups is 1. The molecule has 9 heteroatoms. The first-order chi connectivity index (χ1) is 13.9. The molecule has 29 heavy (non-hydrogen) atoms. The van der Waals surface area contributed by atoms with E-state index >= 15 is 0 Å². The van der Waals surface area contributed by atoms with Crippen LogP contribution in [-0.2, 0) is 20.9 Å². The normalized spacial score (nSPS) is 17.8. The first kappa shape index (κ1) is 20.6. The molecule has 156 valence electrons. The average molecular weight is 402 g/mol. The predicted molar refractivity (Wildman–Crippen MR) is 105 cm³/mol. The summed E-state index contributed by atoms with van der Waals surface area (Å²) >= 11 is 0. The second-order valence-corrected chi connectivity index (χ2v) is 7.37. The lowest BCUT2D eigenvalue weighted by atomic mass is 9.82. The van der Waals surface area contributed by atoms with E-state index in [0.717, 1.165) is 29.7 Å². The van der Waals surface area contributed by atoms with Crippen molar-refractivity contribution in [3.8, 4) is 0 Å². The summed E-state index contributed by atoms with van der Waals surface area (Å²) in [6.45, 7) is 0.377. The number of rotatable bonds is 6. The van der Waals surface area contributed by atoms with Gasteiger partial charge in [0.15, 0.2) is 0 Å². The van der Waals surface area contributed by atoms with E-state index in [2.05, 4.69) is 20.7 Å². The van der Waals surface area contributed by atoms with E-state index in [9.17, 15) is 19.2 Å². The van der Waals surface area contributed by atoms with Crippen LogP contribution in [0.4, 0.5) is 15.3 Å². The first-order valence-corrected chi connectivity index (χ1v) is 9.78. The predicted octanol–water partition coefficient (Wildman–Crippen LogP) is 2.13. The Kier molecular flexibility index (Phi) is 6.36. The Bertz CT molecular complexity index is 787. The highest BCUT2D eigenvalue weighted by molar-refractivity contribution is 6.07. The Balaban J connectivity index is 1.45. The van der Waals surface area contributed by atoms with E-state index in [-0.39, 0.29) is 24.8 Å². The van der Waals surface area contributed by atoms with Crippen molar-refractivity contribution in [2.75, 3.05) is 19.0 Å². The Morgan fingerprint density at radius 3 is 2.48 bits per heavy atom. The van der Waals surface area contributed by atoms with E-state index in [1.165, 1.54) is 7.11 Å². The zero-order valence-electron chi connectivity index (χ0n) is 16.5. The van der Waals surface area contributed by atoms with E-state index in [1.54, 1.807) is 24.3 Å². The molecular formula is C20H26N4O5. The number of carbonyl (C=O) groups is 4. The first-order valence-electron chi connectivity index (χ1n) is 9.78. The van der Waals surface area contributed by atoms with Gasteiger partial charge in [0.1, 0.15) is 5.54 Å². The molecule has 0 atom stereocenters. The van der Waals surface area contributed by atoms with Gasteiger partial charge in [0.2, 0.25) is 5.91 Å². The molecule has 1 aliphatic carbocycles. The van der Waals surface area contributed by atoms with Crippen molar-refractivity contribution in [2.45, 2.75) is 50.6 Å². The summed E-state index contributed by atoms with van der Waals surface area (Å²) in [6.07, 6.45) is 3.76. The zero-order valence-corrected chi connectivity index (χ0v) is 16.5. The van der Waals surface area contributed by atoms with E-state index < -0.39 is 17.7 Å². The van der Waals surface area contributed by atoms with Crippen LogP contribution in [0.5, 0.6) is 0 Å². The van der Waals surface area contributed by atoms with Crippen molar-refractivity contribution in [2.24, 2.45) is 0 Å². The van der Waals surface area contributed by atoms with E-state index in [1.807, 2.05) is 0 Å². The molecule has 1 saturated heterocycles. The molecule has 1 aromatic rings. The molecule has 0 radical (unpaired) electrons. The second-order valence-electron chi connectivity index (χ2n) is 7.37. The van der Waals surface area contributed by atoms with Crippen LogP contribution in [0.15, 0.2) is 24.3 Å². The van der Waals surface area contributed by atoms with Crippen LogP contribution in [0.1, 0.15) is 44.1 Å². The molecule has 1 aliphatic heterocycles. The molecule has 1 spiro atoms. The highest BCUT2D eigenvalue weighted by Gasteiger charge is 2.50. The molecule has 1 aromatic carbocycles. The number of anilines is 1. The van der Waals surface area contributed by atoms with Gasteiger partial charge < -0.3 is 15.4 Å². The summed E-state index contributed by atoms with van der Waals surface area (Å²) in [5.74, 6) is -0.448. The van der Waals surface area contributed by atoms with Crippen LogP contribution in [-0.4, -0.2) is 48.0 Å². The average Bonchev–Trinajstić information content (AvgIpc) is 2.95. The van der Waals surface area contributed by atoms with Gasteiger partial charge in [-0.1, -0.05) is 31.4 Å². The zero-order chi connectivity index (χ0) is 20.9. The lowest BCUT2D eigenvalue weighted by Gasteiger charge is -2.30. The summed E-state index contributed by atoms with van der Waals surface area (Å²) in [4.78, 5) is 49.4. The van der Waals surface area contributed by atoms with E-state index in [0.29, 0.717) is 25.1 Å². The quantitative estimate of drug-likeness (QED) is 0.630. The molecule has 9 nitrogen and oxygen atoms in total. The number of carbonyl (C=O) groups excluding carboxylic acids is 4. The number of nitrogens with zero attached hydrogens (tertiary/aromatic N) is 1. The van der Waals surface area contributed by atoms with Crippen molar-refractivity contribution in [3.63, 3.8) is 0 Å². The van der Waals surface area contributed by atoms with Crippen molar-refractivity contribution in [1.82, 2.24) is 15.5 Å². The van der Waals surface area contributed by atoms with Crippen molar-refractivity contribution in [3.05, 3.63) is 29.8 Å². The van der Waals surface area contributed by atoms with Gasteiger partial charge in [0, 0.05) is 25.2 Å². The van der Waals surface area contributed by atoms with Gasteiger partial charge in [-0.3, -0.25) is 19.8 Å². The fraction of sp³-hybridized carbons (Fsp3) is 0.500. The van der Waals surface area contributed by atoms with Crippen LogP contribution in [0, 0.1) is 0 Å². The van der Waals surface area contributed by atoms with Crippen molar-refractivity contribution < 1.29 is 23.9 Å². The monoisotopic (exact) mass is 402 g/mol. The van der Waals surface area contributed by atoms with Gasteiger partial charge in [0.25, 0.3) is 5.91 Å². The van der Waals surface area contributed by atoms with Gasteiger partial charge in [-0.05, 0) is 30.5 Å². The van der Waals surface area contributed by atoms with Gasteiger partial charge >= 0.3 is 12.1 Å². The summed E-state index contributed by atoms with van der Waals surface area (Å²) in [7, 11) is 1.29. The molecule has 2 aliphatic rings. The summed E-state index contributed by atoms with van der Waals surface area (Å²) < 4.78 is 4.52. The number of hydrogen-bond acceptors (Lipinski definition) is 5. The number of hydrogen-bond donors (Lipinski definition) is 3. The van der Waals surface area contributed by atoms with Gasteiger partial charge in [0.05, 0.1) is 7.11 Å². The minimum Gasteiger partial charge on any atom is -0.453 e. The second kappa shape index (κ2) is 8.93. The smallest absolute Gasteiger partial charge is 0.411 e. The summed E-state index contributed by atoms with van der Waals surface area (Å²) in [6, 6.07) is 6.55. The lowest BCUT2D eigenvalue weighted by Crippen LogP contribution is -2.48. The maximum atomic E-state index is 12.7. The standard InChI is InChI=1S/C20H26N4O5/c1-29-19(28)22-15-7-5-14(6-8-15)13-21-16(25)9-12-24-17(26)20(23-18(24)27)10-3-2-4-11-20/h5-8H,2-4,9-13H2,1H3,(H,21,25)(H,22,28)(H,23,27). The Hall–Kier alpha value is -3.10. The van der Waals surface area contributed by atoms with Crippen LogP contribution >= 0.6 is 0 Å². The Morgan fingerprint density at radius 2 is 1.83 bits per heavy atom. The van der Waals surface area contributed by atoms with E-state index in [4.69, 9.17) is 0 Å². The SMILES string of the molecule is COC(=O)Nc1ccc(CNC(=O)CCN2C(=O)NC3(CCCCC3)C2=O)cc1. The van der Waals surface area contributed by atoms with Crippen LogP contribution < -0.4 is 16.0 Å². The number of nitrogens with one attached hydrogen (secondary N) is 3. The summed E-state index contributed by atoms with van der Waals surface area (Å²) in [5.41, 5.74) is 0.679. The van der Waals surface area contributed by atoms with Crippen LogP contribution in [0.3, 0.4) is 0 Å². The highest BCUT2D eigenvalue weighted by Crippen LogP contribution is 2.33. The maximum Gasteiger partial charge on any atom is 0.411 e. The molecule has 5 amide bonds. The molecule has 0 bridgehead atoms. The Labute approximate surface area is 169 Å². The van der Waals surface area contributed by atoms with Gasteiger partial charge in [-0.25, -0.2) is 9.59 Å². The number of amides is 5. The molecule has 0 aromatic heterocycles. The lowest BCUT2D eigenvalue weighted by molar-refractivity contribution is -0.132. The fourth-order valence-electron chi connectivity index (χ4n) is 3.75. The highest BCUT2D eigenvalue weighted by atomic mass is 16.5. The number of methoxy groups -OCH3 is 1. The molecule has 0 unspecified atom stereocenters. The van der Waals surface area contributed by atoms with Crippen LogP contribution in [0.2, 0.25) is 0 Å². The number of imide groups is 1. The minimum absolute atomic E-state index is 0.0528. The van der Waals surface area contributed by atoms with Crippen molar-refractivity contribution >= 4 is 29.6 Å². The molecule has 3 N–H and O–H groups in total. The fourth-order valence-corrected chi connectivity index (χ4v) is 3.75. The molecule has 1 heterocycles. The van der Waals surface area contributed by atoms with Crippen molar-refractivity contribution in [1.29, 1.82) is 0 Å². The number of benzene rings is 1. The van der Waals surface area contributed by atoms with Crippen LogP contribution in [0.25, 0.3) is 0 Å². The third-order valence-electron chi connectivity index (χ3n) is 5.39. The molecular weight excluding hydrogens is 376 g/mol. The summed E-state index contributed by atoms with van der Waals surface area (Å²) in [5, 5.41) is 8.16. The largest absolute Gasteiger partial charge is 0.453 e.